The van der Waals surface area contributed by atoms with Crippen LogP contribution in [-0.2, 0) is 9.59 Å². The first-order valence-corrected chi connectivity index (χ1v) is 7.87. The van der Waals surface area contributed by atoms with E-state index in [1.165, 1.54) is 18.2 Å². The molecule has 4 atom stereocenters. The standard InChI is InChI=1S/C16H13ClN2O4/c17-10-5-6-11(12(7-10)19(22)23)18-15(20)13-8-1-2-9(4-3-8)14(13)16(18)21/h1-2,5-9,13-14H,3-4H2/t8-,9-,13-,14+/m0/s1. The van der Waals surface area contributed by atoms with Gasteiger partial charge in [-0.15, -0.1) is 0 Å². The van der Waals surface area contributed by atoms with Gasteiger partial charge in [0.2, 0.25) is 11.8 Å². The van der Waals surface area contributed by atoms with E-state index >= 15 is 0 Å². The molecule has 3 aliphatic carbocycles. The van der Waals surface area contributed by atoms with Gasteiger partial charge in [-0.2, -0.15) is 0 Å². The predicted molar refractivity (Wildman–Crippen MR) is 82.9 cm³/mol. The van der Waals surface area contributed by atoms with Crippen LogP contribution in [-0.4, -0.2) is 16.7 Å². The van der Waals surface area contributed by atoms with Gasteiger partial charge in [-0.25, -0.2) is 4.90 Å². The molecule has 0 aromatic heterocycles. The minimum atomic E-state index is -0.614. The van der Waals surface area contributed by atoms with Crippen molar-refractivity contribution in [1.82, 2.24) is 0 Å². The lowest BCUT2D eigenvalue weighted by Gasteiger charge is -2.38. The third-order valence-corrected chi connectivity index (χ3v) is 5.37. The highest BCUT2D eigenvalue weighted by Crippen LogP contribution is 2.51. The number of nitro benzene ring substituents is 1. The van der Waals surface area contributed by atoms with Crippen molar-refractivity contribution in [2.24, 2.45) is 23.7 Å². The molecule has 1 saturated carbocycles. The average Bonchev–Trinajstić information content (AvgIpc) is 2.82. The molecular weight excluding hydrogens is 320 g/mol. The summed E-state index contributed by atoms with van der Waals surface area (Å²) in [6.07, 6.45) is 5.80. The number of hydrogen-bond donors (Lipinski definition) is 0. The summed E-state index contributed by atoms with van der Waals surface area (Å²) in [7, 11) is 0. The molecule has 6 nitrogen and oxygen atoms in total. The van der Waals surface area contributed by atoms with Gasteiger partial charge in [-0.3, -0.25) is 19.7 Å². The highest BCUT2D eigenvalue weighted by molar-refractivity contribution is 6.31. The minimum absolute atomic E-state index is 0.0169. The molecule has 118 valence electrons. The van der Waals surface area contributed by atoms with Crippen molar-refractivity contribution in [2.75, 3.05) is 4.90 Å². The molecule has 1 aromatic rings. The molecule has 1 saturated heterocycles. The zero-order valence-electron chi connectivity index (χ0n) is 12.0. The number of hydrogen-bond acceptors (Lipinski definition) is 4. The van der Waals surface area contributed by atoms with E-state index in [-0.39, 0.29) is 51.9 Å². The molecule has 0 spiro atoms. The molecule has 5 rings (SSSR count). The summed E-state index contributed by atoms with van der Waals surface area (Å²) in [5.41, 5.74) is -0.304. The van der Waals surface area contributed by atoms with Gasteiger partial charge < -0.3 is 0 Å². The lowest BCUT2D eigenvalue weighted by molar-refractivity contribution is -0.384. The first kappa shape index (κ1) is 14.4. The third kappa shape index (κ3) is 1.94. The zero-order chi connectivity index (χ0) is 16.3. The fourth-order valence-electron chi connectivity index (χ4n) is 4.14. The summed E-state index contributed by atoms with van der Waals surface area (Å²) >= 11 is 5.82. The maximum atomic E-state index is 12.8. The third-order valence-electron chi connectivity index (χ3n) is 5.13. The summed E-state index contributed by atoms with van der Waals surface area (Å²) < 4.78 is 0. The van der Waals surface area contributed by atoms with Crippen LogP contribution >= 0.6 is 11.6 Å². The highest BCUT2D eigenvalue weighted by Gasteiger charge is 2.57. The van der Waals surface area contributed by atoms with Crippen LogP contribution in [0.15, 0.2) is 30.4 Å². The van der Waals surface area contributed by atoms with Gasteiger partial charge in [0.05, 0.1) is 16.8 Å². The zero-order valence-corrected chi connectivity index (χ0v) is 12.8. The van der Waals surface area contributed by atoms with E-state index in [0.717, 1.165) is 17.7 Å². The van der Waals surface area contributed by atoms with Gasteiger partial charge in [0.1, 0.15) is 5.69 Å². The Balaban J connectivity index is 1.81. The number of benzene rings is 1. The molecule has 7 heteroatoms. The summed E-state index contributed by atoms with van der Waals surface area (Å²) in [6, 6.07) is 4.01. The highest BCUT2D eigenvalue weighted by atomic mass is 35.5. The topological polar surface area (TPSA) is 80.5 Å². The molecule has 2 fully saturated rings. The maximum Gasteiger partial charge on any atom is 0.294 e. The van der Waals surface area contributed by atoms with Crippen LogP contribution in [0.1, 0.15) is 12.8 Å². The number of anilines is 1. The summed E-state index contributed by atoms with van der Waals surface area (Å²) in [5, 5.41) is 11.5. The van der Waals surface area contributed by atoms with E-state index in [9.17, 15) is 19.7 Å². The van der Waals surface area contributed by atoms with E-state index in [4.69, 9.17) is 11.6 Å². The Morgan fingerprint density at radius 3 is 2.13 bits per heavy atom. The fraction of sp³-hybridized carbons (Fsp3) is 0.375. The van der Waals surface area contributed by atoms with Crippen LogP contribution in [0, 0.1) is 33.8 Å². The largest absolute Gasteiger partial charge is 0.294 e. The van der Waals surface area contributed by atoms with Gasteiger partial charge in [-0.1, -0.05) is 23.8 Å². The molecule has 1 aromatic carbocycles. The van der Waals surface area contributed by atoms with Crippen molar-refractivity contribution in [3.8, 4) is 0 Å². The Morgan fingerprint density at radius 1 is 1.09 bits per heavy atom. The van der Waals surface area contributed by atoms with Crippen LogP contribution in [0.4, 0.5) is 11.4 Å². The van der Waals surface area contributed by atoms with Gasteiger partial charge >= 0.3 is 0 Å². The van der Waals surface area contributed by atoms with E-state index in [2.05, 4.69) is 0 Å². The van der Waals surface area contributed by atoms with Gasteiger partial charge in [0, 0.05) is 11.1 Å². The number of carbonyl (C=O) groups is 2. The van der Waals surface area contributed by atoms with Crippen LogP contribution in [0.2, 0.25) is 5.02 Å². The molecular formula is C16H13ClN2O4. The molecule has 2 amide bonds. The van der Waals surface area contributed by atoms with Crippen molar-refractivity contribution in [1.29, 1.82) is 0 Å². The Morgan fingerprint density at radius 2 is 1.65 bits per heavy atom. The Kier molecular flexibility index (Phi) is 3.06. The summed E-state index contributed by atoms with van der Waals surface area (Å²) in [5.74, 6) is -1.33. The second-order valence-corrected chi connectivity index (χ2v) is 6.68. The molecule has 1 aliphatic heterocycles. The van der Waals surface area contributed by atoms with E-state index < -0.39 is 4.92 Å². The Hall–Kier alpha value is -2.21. The van der Waals surface area contributed by atoms with Crippen LogP contribution in [0.3, 0.4) is 0 Å². The molecule has 0 radical (unpaired) electrons. The molecule has 4 aliphatic rings. The van der Waals surface area contributed by atoms with Crippen molar-refractivity contribution >= 4 is 34.8 Å². The van der Waals surface area contributed by atoms with Gasteiger partial charge in [-0.05, 0) is 36.8 Å². The number of amides is 2. The quantitative estimate of drug-likeness (QED) is 0.361. The van der Waals surface area contributed by atoms with Crippen LogP contribution in [0.5, 0.6) is 0 Å². The average molecular weight is 333 g/mol. The number of imide groups is 1. The number of carbonyl (C=O) groups excluding carboxylic acids is 2. The first-order valence-electron chi connectivity index (χ1n) is 7.49. The van der Waals surface area contributed by atoms with Gasteiger partial charge in [0.15, 0.2) is 0 Å². The lowest BCUT2D eigenvalue weighted by Crippen LogP contribution is -2.38. The molecule has 0 N–H and O–H groups in total. The second kappa shape index (κ2) is 4.89. The van der Waals surface area contributed by atoms with E-state index in [1.54, 1.807) is 0 Å². The van der Waals surface area contributed by atoms with Crippen molar-refractivity contribution in [3.63, 3.8) is 0 Å². The Labute approximate surface area is 136 Å². The van der Waals surface area contributed by atoms with Crippen LogP contribution in [0.25, 0.3) is 0 Å². The number of allylic oxidation sites excluding steroid dienone is 2. The normalized spacial score (nSPS) is 31.6. The number of halogens is 1. The molecule has 2 bridgehead atoms. The van der Waals surface area contributed by atoms with E-state index in [0.29, 0.717) is 0 Å². The number of nitrogens with zero attached hydrogens (tertiary/aromatic N) is 2. The Bertz CT molecular complexity index is 743. The van der Waals surface area contributed by atoms with Crippen molar-refractivity contribution in [2.45, 2.75) is 12.8 Å². The molecule has 23 heavy (non-hydrogen) atoms. The number of rotatable bonds is 2. The number of nitro groups is 1. The number of fused-ring (bicyclic) bond motifs is 1. The van der Waals surface area contributed by atoms with Crippen molar-refractivity contribution < 1.29 is 14.5 Å². The first-order chi connectivity index (χ1) is 11.0. The SMILES string of the molecule is O=C1[C@@H]2[C@H](C(=O)N1c1ccc(Cl)cc1[N+](=O)[O-])[C@H]1C=C[C@H]2CC1. The summed E-state index contributed by atoms with van der Waals surface area (Å²) in [4.78, 5) is 37.3. The fourth-order valence-corrected chi connectivity index (χ4v) is 4.31. The second-order valence-electron chi connectivity index (χ2n) is 6.24. The minimum Gasteiger partial charge on any atom is -0.274 e. The molecule has 0 unspecified atom stereocenters. The van der Waals surface area contributed by atoms with Crippen LogP contribution < -0.4 is 4.90 Å². The van der Waals surface area contributed by atoms with E-state index in [1.807, 2.05) is 12.2 Å². The smallest absolute Gasteiger partial charge is 0.274 e. The molecule has 1 heterocycles. The lowest BCUT2D eigenvalue weighted by atomic mass is 9.63. The van der Waals surface area contributed by atoms with Crippen molar-refractivity contribution in [3.05, 3.63) is 45.5 Å². The predicted octanol–water partition coefficient (Wildman–Crippen LogP) is 2.95. The summed E-state index contributed by atoms with van der Waals surface area (Å²) in [6.45, 7) is 0. The van der Waals surface area contributed by atoms with Gasteiger partial charge in [0.25, 0.3) is 5.69 Å². The maximum absolute atomic E-state index is 12.8. The monoisotopic (exact) mass is 332 g/mol.